The predicted molar refractivity (Wildman–Crippen MR) is 94.7 cm³/mol. The molecule has 1 heteroatoms. The summed E-state index contributed by atoms with van der Waals surface area (Å²) in [6, 6.07) is 12.7. The Morgan fingerprint density at radius 2 is 1.82 bits per heavy atom. The van der Waals surface area contributed by atoms with E-state index in [1.165, 1.54) is 27.5 Å². The van der Waals surface area contributed by atoms with Gasteiger partial charge in [0.1, 0.15) is 0 Å². The fourth-order valence-corrected chi connectivity index (χ4v) is 3.72. The maximum absolute atomic E-state index is 6.41. The average Bonchev–Trinajstić information content (AvgIpc) is 2.56. The first-order valence-electron chi connectivity index (χ1n) is 7.76. The third-order valence-electron chi connectivity index (χ3n) is 4.81. The molecular formula is C21H19N. The van der Waals surface area contributed by atoms with Crippen molar-refractivity contribution in [1.82, 2.24) is 0 Å². The van der Waals surface area contributed by atoms with Gasteiger partial charge >= 0.3 is 0 Å². The highest BCUT2D eigenvalue weighted by atomic mass is 14.6. The molecule has 1 unspecified atom stereocenters. The first-order chi connectivity index (χ1) is 10.8. The van der Waals surface area contributed by atoms with Gasteiger partial charge in [-0.3, -0.25) is 0 Å². The van der Waals surface area contributed by atoms with E-state index in [0.717, 1.165) is 5.69 Å². The molecule has 0 heterocycles. The molecular weight excluding hydrogens is 266 g/mol. The Kier molecular flexibility index (Phi) is 3.00. The summed E-state index contributed by atoms with van der Waals surface area (Å²) < 4.78 is 0. The van der Waals surface area contributed by atoms with Crippen LogP contribution in [0.2, 0.25) is 0 Å². The monoisotopic (exact) mass is 285 g/mol. The van der Waals surface area contributed by atoms with Crippen LogP contribution in [0.25, 0.3) is 10.8 Å². The number of rotatable bonds is 1. The van der Waals surface area contributed by atoms with Crippen molar-refractivity contribution < 1.29 is 0 Å². The molecule has 2 aromatic carbocycles. The summed E-state index contributed by atoms with van der Waals surface area (Å²) >= 11 is 0. The molecule has 0 fully saturated rings. The minimum Gasteiger partial charge on any atom is -0.398 e. The molecule has 0 saturated carbocycles. The van der Waals surface area contributed by atoms with Crippen molar-refractivity contribution in [3.63, 3.8) is 0 Å². The number of benzene rings is 2. The van der Waals surface area contributed by atoms with E-state index in [-0.39, 0.29) is 0 Å². The van der Waals surface area contributed by atoms with Crippen molar-refractivity contribution in [3.8, 4) is 0 Å². The van der Waals surface area contributed by atoms with Crippen molar-refractivity contribution in [2.24, 2.45) is 5.92 Å². The summed E-state index contributed by atoms with van der Waals surface area (Å²) in [6.07, 6.45) is 13.2. The Morgan fingerprint density at radius 1 is 0.955 bits per heavy atom. The number of fused-ring (bicyclic) bond motifs is 2. The van der Waals surface area contributed by atoms with Gasteiger partial charge in [-0.25, -0.2) is 0 Å². The van der Waals surface area contributed by atoms with Crippen molar-refractivity contribution in [3.05, 3.63) is 89.6 Å². The Hall–Kier alpha value is -2.54. The Labute approximate surface area is 131 Å². The molecule has 2 aliphatic carbocycles. The molecule has 108 valence electrons. The average molecular weight is 285 g/mol. The molecule has 1 nitrogen and oxygen atoms in total. The number of hydrogen-bond donors (Lipinski definition) is 1. The van der Waals surface area contributed by atoms with Crippen molar-refractivity contribution in [1.29, 1.82) is 0 Å². The number of nitrogens with two attached hydrogens (primary N) is 1. The lowest BCUT2D eigenvalue weighted by molar-refractivity contribution is 0.643. The van der Waals surface area contributed by atoms with Crippen LogP contribution in [-0.2, 0) is 0 Å². The molecule has 0 saturated heterocycles. The highest BCUT2D eigenvalue weighted by Gasteiger charge is 2.30. The summed E-state index contributed by atoms with van der Waals surface area (Å²) in [5, 5.41) is 2.52. The third-order valence-corrected chi connectivity index (χ3v) is 4.81. The van der Waals surface area contributed by atoms with Gasteiger partial charge in [0.25, 0.3) is 0 Å². The second kappa shape index (κ2) is 5.03. The summed E-state index contributed by atoms with van der Waals surface area (Å²) in [5.41, 5.74) is 11.3. The minimum absolute atomic E-state index is 0.312. The fourth-order valence-electron chi connectivity index (χ4n) is 3.72. The molecule has 0 radical (unpaired) electrons. The highest BCUT2D eigenvalue weighted by molar-refractivity contribution is 5.91. The maximum Gasteiger partial charge on any atom is 0.0359 e. The van der Waals surface area contributed by atoms with Crippen molar-refractivity contribution in [2.45, 2.75) is 12.8 Å². The molecule has 0 aromatic heterocycles. The Balaban J connectivity index is 1.97. The van der Waals surface area contributed by atoms with Crippen molar-refractivity contribution >= 4 is 16.5 Å². The first-order valence-corrected chi connectivity index (χ1v) is 7.76. The summed E-state index contributed by atoms with van der Waals surface area (Å²) in [7, 11) is 0. The second-order valence-corrected chi connectivity index (χ2v) is 6.11. The van der Waals surface area contributed by atoms with Gasteiger partial charge < -0.3 is 5.73 Å². The van der Waals surface area contributed by atoms with Gasteiger partial charge in [0.15, 0.2) is 0 Å². The lowest BCUT2D eigenvalue weighted by Gasteiger charge is -2.33. The van der Waals surface area contributed by atoms with Gasteiger partial charge in [0.2, 0.25) is 0 Å². The number of allylic oxidation sites excluding steroid dienone is 8. The van der Waals surface area contributed by atoms with Crippen LogP contribution in [0.5, 0.6) is 0 Å². The normalized spacial score (nSPS) is 23.1. The van der Waals surface area contributed by atoms with Gasteiger partial charge in [0.05, 0.1) is 0 Å². The van der Waals surface area contributed by atoms with E-state index >= 15 is 0 Å². The van der Waals surface area contributed by atoms with Gasteiger partial charge in [-0.15, -0.1) is 0 Å². The van der Waals surface area contributed by atoms with Crippen LogP contribution in [0.1, 0.15) is 18.4 Å². The number of nitrogen functional groups attached to an aromatic ring is 1. The van der Waals surface area contributed by atoms with E-state index in [4.69, 9.17) is 5.73 Å². The van der Waals surface area contributed by atoms with E-state index in [1.807, 2.05) is 6.07 Å². The summed E-state index contributed by atoms with van der Waals surface area (Å²) in [6.45, 7) is 2.21. The van der Waals surface area contributed by atoms with Crippen LogP contribution in [0.15, 0.2) is 84.0 Å². The first kappa shape index (κ1) is 13.1. The molecule has 0 spiro atoms. The zero-order valence-electron chi connectivity index (χ0n) is 12.7. The number of anilines is 1. The van der Waals surface area contributed by atoms with Gasteiger partial charge in [-0.1, -0.05) is 72.4 Å². The lowest BCUT2D eigenvalue weighted by Crippen LogP contribution is -2.19. The van der Waals surface area contributed by atoms with Crippen molar-refractivity contribution in [2.75, 3.05) is 5.73 Å². The SMILES string of the molecule is CC1=CC=C2C=CC=CC2[C@H]1c1c(N)ccc2ccccc12. The van der Waals surface area contributed by atoms with Crippen LogP contribution in [0.3, 0.4) is 0 Å². The lowest BCUT2D eigenvalue weighted by atomic mass is 9.71. The maximum atomic E-state index is 6.41. The molecule has 0 amide bonds. The molecule has 2 aromatic rings. The standard InChI is InChI=1S/C21H19N/c1-14-10-11-15-6-2-4-8-17(15)20(14)21-18-9-5-3-7-16(18)12-13-19(21)22/h2-13,17,20H,22H2,1H3/t17?,20-/m0/s1. The second-order valence-electron chi connectivity index (χ2n) is 6.11. The molecule has 2 atom stereocenters. The summed E-state index contributed by atoms with van der Waals surface area (Å²) in [4.78, 5) is 0. The molecule has 0 bridgehead atoms. The van der Waals surface area contributed by atoms with E-state index in [0.29, 0.717) is 11.8 Å². The minimum atomic E-state index is 0.312. The molecule has 22 heavy (non-hydrogen) atoms. The summed E-state index contributed by atoms with van der Waals surface area (Å²) in [5.74, 6) is 0.690. The molecule has 2 aliphatic rings. The van der Waals surface area contributed by atoms with Gasteiger partial charge in [0, 0.05) is 17.5 Å². The van der Waals surface area contributed by atoms with Crippen LogP contribution >= 0.6 is 0 Å². The van der Waals surface area contributed by atoms with Crippen LogP contribution in [0.4, 0.5) is 5.69 Å². The van der Waals surface area contributed by atoms with E-state index in [1.54, 1.807) is 0 Å². The van der Waals surface area contributed by atoms with Gasteiger partial charge in [-0.2, -0.15) is 0 Å². The fraction of sp³-hybridized carbons (Fsp3) is 0.143. The quantitative estimate of drug-likeness (QED) is 0.722. The Bertz CT molecular complexity index is 865. The smallest absolute Gasteiger partial charge is 0.0359 e. The Morgan fingerprint density at radius 3 is 2.73 bits per heavy atom. The highest BCUT2D eigenvalue weighted by Crippen LogP contribution is 2.45. The third kappa shape index (κ3) is 1.93. The van der Waals surface area contributed by atoms with Gasteiger partial charge in [-0.05, 0) is 34.9 Å². The van der Waals surface area contributed by atoms with E-state index in [9.17, 15) is 0 Å². The zero-order chi connectivity index (χ0) is 15.1. The largest absolute Gasteiger partial charge is 0.398 e. The zero-order valence-corrected chi connectivity index (χ0v) is 12.7. The van der Waals surface area contributed by atoms with E-state index in [2.05, 4.69) is 73.7 Å². The molecule has 4 rings (SSSR count). The molecule has 2 N–H and O–H groups in total. The van der Waals surface area contributed by atoms with Crippen LogP contribution < -0.4 is 5.73 Å². The number of hydrogen-bond acceptors (Lipinski definition) is 1. The van der Waals surface area contributed by atoms with Crippen LogP contribution in [0, 0.1) is 5.92 Å². The molecule has 0 aliphatic heterocycles. The van der Waals surface area contributed by atoms with E-state index < -0.39 is 0 Å². The predicted octanol–water partition coefficient (Wildman–Crippen LogP) is 5.13. The topological polar surface area (TPSA) is 26.0 Å². The van der Waals surface area contributed by atoms with Crippen LogP contribution in [-0.4, -0.2) is 0 Å².